The minimum atomic E-state index is -0.0157. The largest absolute Gasteiger partial charge is 0.378 e. The van der Waals surface area contributed by atoms with Crippen LogP contribution in [0.2, 0.25) is 0 Å². The van der Waals surface area contributed by atoms with Gasteiger partial charge in [0.25, 0.3) is 5.91 Å². The van der Waals surface area contributed by atoms with Crippen molar-refractivity contribution in [1.82, 2.24) is 10.1 Å². The summed E-state index contributed by atoms with van der Waals surface area (Å²) in [6, 6.07) is 9.67. The molecule has 6 heteroatoms. The van der Waals surface area contributed by atoms with Gasteiger partial charge in [-0.25, -0.2) is 0 Å². The van der Waals surface area contributed by atoms with Gasteiger partial charge >= 0.3 is 0 Å². The lowest BCUT2D eigenvalue weighted by Crippen LogP contribution is -2.41. The summed E-state index contributed by atoms with van der Waals surface area (Å²) in [5.41, 5.74) is 7.56. The molecule has 2 N–H and O–H groups in total. The van der Waals surface area contributed by atoms with E-state index in [4.69, 9.17) is 15.0 Å². The lowest BCUT2D eigenvalue weighted by atomic mass is 10.0. The SMILES string of the molecule is Cc1onc(-c2ccccc2)c1C(=O)N1CCC(OCCCN)CC1. The van der Waals surface area contributed by atoms with Gasteiger partial charge in [-0.3, -0.25) is 4.79 Å². The number of nitrogens with zero attached hydrogens (tertiary/aromatic N) is 2. The first-order chi connectivity index (χ1) is 12.2. The van der Waals surface area contributed by atoms with Gasteiger partial charge in [0.1, 0.15) is 17.0 Å². The van der Waals surface area contributed by atoms with Crippen molar-refractivity contribution in [3.8, 4) is 11.3 Å². The van der Waals surface area contributed by atoms with Crippen LogP contribution >= 0.6 is 0 Å². The van der Waals surface area contributed by atoms with Crippen molar-refractivity contribution < 1.29 is 14.1 Å². The smallest absolute Gasteiger partial charge is 0.259 e. The number of nitrogens with two attached hydrogens (primary N) is 1. The number of carbonyl (C=O) groups is 1. The van der Waals surface area contributed by atoms with Crippen LogP contribution in [0.5, 0.6) is 0 Å². The second-order valence-corrected chi connectivity index (χ2v) is 6.33. The fourth-order valence-corrected chi connectivity index (χ4v) is 3.13. The van der Waals surface area contributed by atoms with Crippen LogP contribution in [0.4, 0.5) is 0 Å². The molecule has 1 amide bonds. The summed E-state index contributed by atoms with van der Waals surface area (Å²) in [6.07, 6.45) is 2.79. The lowest BCUT2D eigenvalue weighted by Gasteiger charge is -2.32. The van der Waals surface area contributed by atoms with Gasteiger partial charge in [0.2, 0.25) is 0 Å². The van der Waals surface area contributed by atoms with Crippen molar-refractivity contribution in [2.45, 2.75) is 32.3 Å². The van der Waals surface area contributed by atoms with E-state index < -0.39 is 0 Å². The van der Waals surface area contributed by atoms with E-state index >= 15 is 0 Å². The zero-order chi connectivity index (χ0) is 17.6. The second kappa shape index (κ2) is 8.27. The molecule has 0 bridgehead atoms. The molecule has 0 aliphatic carbocycles. The molecule has 1 aliphatic rings. The van der Waals surface area contributed by atoms with E-state index in [1.54, 1.807) is 6.92 Å². The Kier molecular flexibility index (Phi) is 5.83. The Labute approximate surface area is 147 Å². The number of rotatable bonds is 6. The highest BCUT2D eigenvalue weighted by molar-refractivity contribution is 6.00. The van der Waals surface area contributed by atoms with E-state index in [0.29, 0.717) is 43.3 Å². The molecule has 0 unspecified atom stereocenters. The standard InChI is InChI=1S/C19H25N3O3/c1-14-17(18(21-25-14)15-6-3-2-4-7-15)19(23)22-11-8-16(9-12-22)24-13-5-10-20/h2-4,6-7,16H,5,8-13,20H2,1H3. The molecule has 6 nitrogen and oxygen atoms in total. The number of aromatic nitrogens is 1. The second-order valence-electron chi connectivity index (χ2n) is 6.33. The van der Waals surface area contributed by atoms with E-state index in [2.05, 4.69) is 5.16 Å². The molecule has 0 spiro atoms. The monoisotopic (exact) mass is 343 g/mol. The lowest BCUT2D eigenvalue weighted by molar-refractivity contribution is 0.00843. The zero-order valence-electron chi connectivity index (χ0n) is 14.6. The Morgan fingerprint density at radius 2 is 2.04 bits per heavy atom. The summed E-state index contributed by atoms with van der Waals surface area (Å²) in [4.78, 5) is 14.9. The first-order valence-corrected chi connectivity index (χ1v) is 8.83. The molecule has 3 rings (SSSR count). The molecule has 1 saturated heterocycles. The van der Waals surface area contributed by atoms with E-state index in [1.165, 1.54) is 0 Å². The molecule has 1 aliphatic heterocycles. The Morgan fingerprint density at radius 3 is 2.72 bits per heavy atom. The minimum absolute atomic E-state index is 0.0157. The Bertz CT molecular complexity index is 691. The number of likely N-dealkylation sites (tertiary alicyclic amines) is 1. The summed E-state index contributed by atoms with van der Waals surface area (Å²) in [6.45, 7) is 4.50. The summed E-state index contributed by atoms with van der Waals surface area (Å²) in [5, 5.41) is 4.11. The highest BCUT2D eigenvalue weighted by Crippen LogP contribution is 2.27. The minimum Gasteiger partial charge on any atom is -0.378 e. The third kappa shape index (κ3) is 4.08. The van der Waals surface area contributed by atoms with Crippen LogP contribution in [0.3, 0.4) is 0 Å². The van der Waals surface area contributed by atoms with E-state index in [1.807, 2.05) is 35.2 Å². The molecular weight excluding hydrogens is 318 g/mol. The van der Waals surface area contributed by atoms with Gasteiger partial charge in [-0.2, -0.15) is 0 Å². The van der Waals surface area contributed by atoms with Crippen molar-refractivity contribution >= 4 is 5.91 Å². The summed E-state index contributed by atoms with van der Waals surface area (Å²) >= 11 is 0. The van der Waals surface area contributed by atoms with Crippen molar-refractivity contribution in [1.29, 1.82) is 0 Å². The number of aryl methyl sites for hydroxylation is 1. The number of carbonyl (C=O) groups excluding carboxylic acids is 1. The van der Waals surface area contributed by atoms with E-state index in [9.17, 15) is 4.79 Å². The molecule has 1 fully saturated rings. The normalized spacial score (nSPS) is 15.5. The first-order valence-electron chi connectivity index (χ1n) is 8.83. The molecule has 2 aromatic rings. The summed E-state index contributed by atoms with van der Waals surface area (Å²) in [7, 11) is 0. The maximum Gasteiger partial charge on any atom is 0.259 e. The highest BCUT2D eigenvalue weighted by atomic mass is 16.5. The summed E-state index contributed by atoms with van der Waals surface area (Å²) < 4.78 is 11.1. The first kappa shape index (κ1) is 17.6. The molecule has 2 heterocycles. The van der Waals surface area contributed by atoms with Crippen molar-refractivity contribution in [2.24, 2.45) is 5.73 Å². The highest BCUT2D eigenvalue weighted by Gasteiger charge is 2.29. The molecule has 0 atom stereocenters. The van der Waals surface area contributed by atoms with Gasteiger partial charge in [0.05, 0.1) is 6.10 Å². The number of ether oxygens (including phenoxy) is 1. The molecule has 0 radical (unpaired) electrons. The van der Waals surface area contributed by atoms with Crippen molar-refractivity contribution in [2.75, 3.05) is 26.2 Å². The van der Waals surface area contributed by atoms with Crippen LogP contribution in [0.25, 0.3) is 11.3 Å². The third-order valence-electron chi connectivity index (χ3n) is 4.56. The van der Waals surface area contributed by atoms with Crippen LogP contribution in [0.1, 0.15) is 35.4 Å². The maximum atomic E-state index is 13.0. The fourth-order valence-electron chi connectivity index (χ4n) is 3.13. The quantitative estimate of drug-likeness (QED) is 0.815. The number of hydrogen-bond acceptors (Lipinski definition) is 5. The average Bonchev–Trinajstić information content (AvgIpc) is 3.04. The molecule has 0 saturated carbocycles. The molecule has 25 heavy (non-hydrogen) atoms. The number of benzene rings is 1. The van der Waals surface area contributed by atoms with Gasteiger partial charge in [-0.15, -0.1) is 0 Å². The molecular formula is C19H25N3O3. The molecule has 1 aromatic carbocycles. The Morgan fingerprint density at radius 1 is 1.32 bits per heavy atom. The predicted octanol–water partition coefficient (Wildman–Crippen LogP) is 2.62. The number of hydrogen-bond donors (Lipinski definition) is 1. The van der Waals surface area contributed by atoms with Crippen LogP contribution < -0.4 is 5.73 Å². The van der Waals surface area contributed by atoms with Crippen LogP contribution in [-0.2, 0) is 4.74 Å². The predicted molar refractivity (Wildman–Crippen MR) is 95.2 cm³/mol. The van der Waals surface area contributed by atoms with E-state index in [0.717, 1.165) is 24.8 Å². The average molecular weight is 343 g/mol. The van der Waals surface area contributed by atoms with Gasteiger partial charge in [-0.05, 0) is 32.7 Å². The summed E-state index contributed by atoms with van der Waals surface area (Å²) in [5.74, 6) is 0.545. The van der Waals surface area contributed by atoms with Gasteiger partial charge < -0.3 is 19.9 Å². The number of amides is 1. The molecule has 134 valence electrons. The van der Waals surface area contributed by atoms with Crippen molar-refractivity contribution in [3.63, 3.8) is 0 Å². The van der Waals surface area contributed by atoms with Gasteiger partial charge in [0.15, 0.2) is 0 Å². The maximum absolute atomic E-state index is 13.0. The van der Waals surface area contributed by atoms with Crippen LogP contribution in [0, 0.1) is 6.92 Å². The van der Waals surface area contributed by atoms with Crippen molar-refractivity contribution in [3.05, 3.63) is 41.7 Å². The van der Waals surface area contributed by atoms with Gasteiger partial charge in [-0.1, -0.05) is 35.5 Å². The van der Waals surface area contributed by atoms with Gasteiger partial charge in [0, 0.05) is 25.3 Å². The third-order valence-corrected chi connectivity index (χ3v) is 4.56. The fraction of sp³-hybridized carbons (Fsp3) is 0.474. The zero-order valence-corrected chi connectivity index (χ0v) is 14.6. The Hall–Kier alpha value is -2.18. The van der Waals surface area contributed by atoms with E-state index in [-0.39, 0.29) is 12.0 Å². The number of piperidine rings is 1. The molecule has 1 aromatic heterocycles. The topological polar surface area (TPSA) is 81.6 Å². The van der Waals surface area contributed by atoms with Crippen LogP contribution in [0.15, 0.2) is 34.9 Å². The Balaban J connectivity index is 1.68. The van der Waals surface area contributed by atoms with Crippen LogP contribution in [-0.4, -0.2) is 48.3 Å².